The molecule has 3 saturated heterocycles. The van der Waals surface area contributed by atoms with Gasteiger partial charge >= 0.3 is 6.01 Å². The van der Waals surface area contributed by atoms with E-state index in [1.54, 1.807) is 12.4 Å². The molecule has 240 valence electrons. The second kappa shape index (κ2) is 9.87. The topological polar surface area (TPSA) is 88.3 Å². The van der Waals surface area contributed by atoms with Crippen LogP contribution in [0.15, 0.2) is 36.7 Å². The van der Waals surface area contributed by atoms with Gasteiger partial charge in [0.2, 0.25) is 5.88 Å². The van der Waals surface area contributed by atoms with Gasteiger partial charge in [-0.25, -0.2) is 18.2 Å². The number of pyridine rings is 2. The van der Waals surface area contributed by atoms with E-state index in [1.165, 1.54) is 0 Å². The van der Waals surface area contributed by atoms with Gasteiger partial charge in [0, 0.05) is 42.4 Å². The maximum absolute atomic E-state index is 16.9. The highest BCUT2D eigenvalue weighted by atomic mass is 19.3. The quantitative estimate of drug-likeness (QED) is 0.279. The van der Waals surface area contributed by atoms with Crippen LogP contribution >= 0.6 is 0 Å². The molecule has 0 bridgehead atoms. The summed E-state index contributed by atoms with van der Waals surface area (Å²) >= 11 is 0. The van der Waals surface area contributed by atoms with Gasteiger partial charge < -0.3 is 14.4 Å². The zero-order valence-corrected chi connectivity index (χ0v) is 25.9. The molecule has 12 heteroatoms. The summed E-state index contributed by atoms with van der Waals surface area (Å²) in [6, 6.07) is 7.89. The fourth-order valence-electron chi connectivity index (χ4n) is 8.37. The minimum absolute atomic E-state index is 0.0214. The molecule has 9 rings (SSSR count). The maximum Gasteiger partial charge on any atom is 0.319 e. The third-order valence-corrected chi connectivity index (χ3v) is 11.0. The predicted octanol–water partition coefficient (Wildman–Crippen LogP) is 5.71. The van der Waals surface area contributed by atoms with Gasteiger partial charge in [-0.1, -0.05) is 31.2 Å². The standard InChI is InChI=1S/C34H36F3N7O2/c1-3-21-11-19(2)46-30-25-28(26(35)27(40-30)23-13-38-12-20-7-4-5-8-22(20)23)41-31(42-29(25)44-14-24(44)39-21)45-18-33-9-6-10-43(33)17-32(15-33)16-34(32,36)37/h4-5,7-8,12-13,19,21,24,39H,3,6,9-11,14-18H2,1-2H3/t19-,21-,24+,32?,33-,44?/m0/s1. The van der Waals surface area contributed by atoms with Crippen LogP contribution in [0.1, 0.15) is 52.4 Å². The summed E-state index contributed by atoms with van der Waals surface area (Å²) in [4.78, 5) is 22.9. The number of hydrogen-bond acceptors (Lipinski definition) is 9. The predicted molar refractivity (Wildman–Crippen MR) is 167 cm³/mol. The lowest BCUT2D eigenvalue weighted by atomic mass is 9.89. The third kappa shape index (κ3) is 4.28. The zero-order chi connectivity index (χ0) is 31.4. The zero-order valence-electron chi connectivity index (χ0n) is 25.9. The number of ether oxygens (including phenoxy) is 2. The average Bonchev–Trinajstić information content (AvgIpc) is 3.81. The van der Waals surface area contributed by atoms with Crippen molar-refractivity contribution < 1.29 is 22.6 Å². The molecule has 4 aliphatic heterocycles. The third-order valence-electron chi connectivity index (χ3n) is 11.0. The van der Waals surface area contributed by atoms with Gasteiger partial charge in [0.15, 0.2) is 11.6 Å². The lowest BCUT2D eigenvalue weighted by Gasteiger charge is -2.31. The lowest BCUT2D eigenvalue weighted by Crippen LogP contribution is -2.43. The summed E-state index contributed by atoms with van der Waals surface area (Å²) in [7, 11) is 0. The first-order valence-corrected chi connectivity index (χ1v) is 16.4. The molecule has 46 heavy (non-hydrogen) atoms. The monoisotopic (exact) mass is 631 g/mol. The van der Waals surface area contributed by atoms with Crippen molar-refractivity contribution in [3.05, 3.63) is 42.5 Å². The van der Waals surface area contributed by atoms with Gasteiger partial charge in [0.25, 0.3) is 5.92 Å². The van der Waals surface area contributed by atoms with Crippen LogP contribution in [0.3, 0.4) is 0 Å². The minimum atomic E-state index is -2.63. The number of hydrogen-bond donors (Lipinski definition) is 1. The molecule has 4 fully saturated rings. The Morgan fingerprint density at radius 1 is 1.13 bits per heavy atom. The summed E-state index contributed by atoms with van der Waals surface area (Å²) in [6.45, 7) is 6.14. The number of anilines is 1. The number of rotatable bonds is 5. The molecule has 7 heterocycles. The van der Waals surface area contributed by atoms with Crippen LogP contribution in [0.2, 0.25) is 0 Å². The van der Waals surface area contributed by atoms with E-state index in [-0.39, 0.29) is 54.4 Å². The highest BCUT2D eigenvalue weighted by Crippen LogP contribution is 2.69. The van der Waals surface area contributed by atoms with Crippen molar-refractivity contribution in [3.8, 4) is 23.1 Å². The summed E-state index contributed by atoms with van der Waals surface area (Å²) in [5.41, 5.74) is -0.789. The Balaban J connectivity index is 1.18. The SMILES string of the molecule is CC[C@H]1C[C@H](C)Oc2nc(-c3cncc4ccccc34)c(F)c3nc(OC[C@@]45CCCN4CC4(CC4(F)F)C5)nc(c23)N2C[C@@H]2N1. The molecular weight excluding hydrogens is 595 g/mol. The fraction of sp³-hybridized carbons (Fsp3) is 0.529. The van der Waals surface area contributed by atoms with E-state index < -0.39 is 22.7 Å². The van der Waals surface area contributed by atoms with Crippen LogP contribution in [0.25, 0.3) is 32.9 Å². The number of nitrogens with zero attached hydrogens (tertiary/aromatic N) is 6. The largest absolute Gasteiger partial charge is 0.474 e. The molecule has 0 radical (unpaired) electrons. The number of benzene rings is 1. The van der Waals surface area contributed by atoms with Gasteiger partial charge in [-0.3, -0.25) is 15.2 Å². The summed E-state index contributed by atoms with van der Waals surface area (Å²) in [5.74, 6) is -2.49. The number of alkyl halides is 2. The Bertz CT molecular complexity index is 1890. The van der Waals surface area contributed by atoms with Crippen LogP contribution in [0, 0.1) is 11.2 Å². The molecule has 1 N–H and O–H groups in total. The van der Waals surface area contributed by atoms with Crippen molar-refractivity contribution in [2.24, 2.45) is 5.41 Å². The molecule has 0 amide bonds. The smallest absolute Gasteiger partial charge is 0.319 e. The number of aromatic nitrogens is 4. The molecule has 3 aromatic heterocycles. The van der Waals surface area contributed by atoms with Crippen LogP contribution in [-0.4, -0.2) is 80.9 Å². The van der Waals surface area contributed by atoms with Crippen molar-refractivity contribution in [1.82, 2.24) is 30.2 Å². The van der Waals surface area contributed by atoms with Crippen LogP contribution in [-0.2, 0) is 0 Å². The molecular formula is C34H36F3N7O2. The summed E-state index contributed by atoms with van der Waals surface area (Å²) in [6.07, 6.45) is 6.85. The normalized spacial score (nSPS) is 31.2. The number of fused-ring (bicyclic) bond motifs is 4. The maximum atomic E-state index is 16.9. The lowest BCUT2D eigenvalue weighted by molar-refractivity contribution is 0.0647. The van der Waals surface area contributed by atoms with E-state index in [9.17, 15) is 8.78 Å². The van der Waals surface area contributed by atoms with Gasteiger partial charge in [-0.15, -0.1) is 0 Å². The molecule has 5 atom stereocenters. The van der Waals surface area contributed by atoms with E-state index in [4.69, 9.17) is 19.4 Å². The van der Waals surface area contributed by atoms with Gasteiger partial charge in [0.05, 0.1) is 29.8 Å². The second-order valence-corrected chi connectivity index (χ2v) is 14.0. The Hall–Kier alpha value is -3.77. The molecule has 1 aromatic carbocycles. The Kier molecular flexibility index (Phi) is 6.10. The minimum Gasteiger partial charge on any atom is -0.474 e. The molecule has 4 aromatic rings. The molecule has 1 unspecified atom stereocenters. The van der Waals surface area contributed by atoms with Crippen molar-refractivity contribution in [2.75, 3.05) is 31.1 Å². The van der Waals surface area contributed by atoms with E-state index in [0.717, 1.165) is 43.0 Å². The van der Waals surface area contributed by atoms with Crippen molar-refractivity contribution >= 4 is 27.5 Å². The molecule has 1 spiro atoms. The van der Waals surface area contributed by atoms with Gasteiger partial charge in [0.1, 0.15) is 23.2 Å². The summed E-state index contributed by atoms with van der Waals surface area (Å²) < 4.78 is 58.6. The van der Waals surface area contributed by atoms with E-state index in [2.05, 4.69) is 32.0 Å². The van der Waals surface area contributed by atoms with Crippen LogP contribution in [0.5, 0.6) is 11.9 Å². The number of halogens is 3. The first-order chi connectivity index (χ1) is 22.2. The fourth-order valence-corrected chi connectivity index (χ4v) is 8.37. The summed E-state index contributed by atoms with van der Waals surface area (Å²) in [5, 5.41) is 5.74. The second-order valence-electron chi connectivity index (χ2n) is 14.0. The van der Waals surface area contributed by atoms with E-state index in [0.29, 0.717) is 36.3 Å². The van der Waals surface area contributed by atoms with Crippen LogP contribution < -0.4 is 19.7 Å². The first-order valence-electron chi connectivity index (χ1n) is 16.4. The van der Waals surface area contributed by atoms with Gasteiger partial charge in [-0.05, 0) is 51.0 Å². The van der Waals surface area contributed by atoms with Gasteiger partial charge in [-0.2, -0.15) is 9.97 Å². The highest BCUT2D eigenvalue weighted by molar-refractivity contribution is 6.01. The van der Waals surface area contributed by atoms with Crippen molar-refractivity contribution in [2.45, 2.75) is 82.1 Å². The Labute approximate surface area is 264 Å². The number of nitrogens with one attached hydrogen (secondary N) is 1. The van der Waals surface area contributed by atoms with Crippen LogP contribution in [0.4, 0.5) is 19.0 Å². The van der Waals surface area contributed by atoms with E-state index in [1.807, 2.05) is 31.2 Å². The van der Waals surface area contributed by atoms with Crippen molar-refractivity contribution in [1.29, 1.82) is 0 Å². The molecule has 5 aliphatic rings. The molecule has 9 nitrogen and oxygen atoms in total. The molecule has 1 saturated carbocycles. The first kappa shape index (κ1) is 28.5. The Morgan fingerprint density at radius 3 is 2.80 bits per heavy atom. The molecule has 1 aliphatic carbocycles. The highest BCUT2D eigenvalue weighted by Gasteiger charge is 2.77. The van der Waals surface area contributed by atoms with E-state index >= 15 is 4.39 Å². The Morgan fingerprint density at radius 2 is 1.98 bits per heavy atom. The average molecular weight is 632 g/mol. The van der Waals surface area contributed by atoms with Crippen molar-refractivity contribution in [3.63, 3.8) is 0 Å².